The molecule has 1 aromatic heterocycles. The summed E-state index contributed by atoms with van der Waals surface area (Å²) in [7, 11) is 0. The maximum atomic E-state index is 12.0. The number of nitrogens with one attached hydrogen (secondary N) is 1. The summed E-state index contributed by atoms with van der Waals surface area (Å²) in [6.45, 7) is 3.71. The Morgan fingerprint density at radius 2 is 1.96 bits per heavy atom. The van der Waals surface area contributed by atoms with Crippen molar-refractivity contribution in [3.63, 3.8) is 0 Å². The van der Waals surface area contributed by atoms with E-state index in [-0.39, 0.29) is 5.91 Å². The Labute approximate surface area is 143 Å². The third kappa shape index (κ3) is 4.43. The minimum atomic E-state index is 0.103. The van der Waals surface area contributed by atoms with E-state index in [2.05, 4.69) is 51.3 Å². The molecule has 0 fully saturated rings. The highest BCUT2D eigenvalue weighted by atomic mass is 16.1. The van der Waals surface area contributed by atoms with Crippen molar-refractivity contribution in [1.82, 2.24) is 20.1 Å². The van der Waals surface area contributed by atoms with Crippen molar-refractivity contribution < 1.29 is 4.79 Å². The van der Waals surface area contributed by atoms with Crippen LogP contribution >= 0.6 is 0 Å². The van der Waals surface area contributed by atoms with Gasteiger partial charge in [0.1, 0.15) is 11.6 Å². The topological polar surface area (TPSA) is 59.8 Å². The van der Waals surface area contributed by atoms with Gasteiger partial charge in [-0.15, -0.1) is 10.2 Å². The maximum Gasteiger partial charge on any atom is 0.220 e. The number of fused-ring (bicyclic) bond motifs is 1. The molecule has 1 N–H and O–H groups in total. The van der Waals surface area contributed by atoms with Crippen molar-refractivity contribution in [1.29, 1.82) is 0 Å². The van der Waals surface area contributed by atoms with Crippen molar-refractivity contribution >= 4 is 5.91 Å². The third-order valence-electron chi connectivity index (χ3n) is 4.62. The van der Waals surface area contributed by atoms with Crippen LogP contribution in [0.5, 0.6) is 0 Å². The molecule has 0 saturated heterocycles. The van der Waals surface area contributed by atoms with Crippen LogP contribution in [0.25, 0.3) is 0 Å². The van der Waals surface area contributed by atoms with Crippen LogP contribution in [0.15, 0.2) is 24.3 Å². The van der Waals surface area contributed by atoms with E-state index in [9.17, 15) is 4.79 Å². The number of nitrogens with zero attached hydrogens (tertiary/aromatic N) is 3. The normalized spacial score (nSPS) is 14.0. The van der Waals surface area contributed by atoms with Crippen molar-refractivity contribution in [3.05, 3.63) is 47.0 Å². The van der Waals surface area contributed by atoms with Gasteiger partial charge in [0.25, 0.3) is 0 Å². The number of hydrogen-bond acceptors (Lipinski definition) is 3. The minimum absolute atomic E-state index is 0.103. The summed E-state index contributed by atoms with van der Waals surface area (Å²) in [5.74, 6) is 2.21. The van der Waals surface area contributed by atoms with Gasteiger partial charge in [0.15, 0.2) is 0 Å². The number of carbonyl (C=O) groups excluding carboxylic acids is 1. The van der Waals surface area contributed by atoms with E-state index in [0.29, 0.717) is 13.0 Å². The van der Waals surface area contributed by atoms with E-state index in [0.717, 1.165) is 37.5 Å². The lowest BCUT2D eigenvalue weighted by molar-refractivity contribution is -0.121. The summed E-state index contributed by atoms with van der Waals surface area (Å²) in [5, 5.41) is 11.6. The first-order valence-electron chi connectivity index (χ1n) is 8.95. The zero-order valence-corrected chi connectivity index (χ0v) is 14.4. The van der Waals surface area contributed by atoms with Gasteiger partial charge in [0.05, 0.1) is 0 Å². The van der Waals surface area contributed by atoms with Crippen molar-refractivity contribution in [3.8, 4) is 0 Å². The van der Waals surface area contributed by atoms with Crippen LogP contribution in [0.4, 0.5) is 0 Å². The monoisotopic (exact) mass is 326 g/mol. The van der Waals surface area contributed by atoms with Crippen LogP contribution in [0, 0.1) is 6.92 Å². The average molecular weight is 326 g/mol. The molecule has 1 amide bonds. The largest absolute Gasteiger partial charge is 0.356 e. The summed E-state index contributed by atoms with van der Waals surface area (Å²) < 4.78 is 2.24. The Kier molecular flexibility index (Phi) is 5.62. The molecule has 0 bridgehead atoms. The highest BCUT2D eigenvalue weighted by Crippen LogP contribution is 2.14. The van der Waals surface area contributed by atoms with E-state index in [1.807, 2.05) is 0 Å². The number of amides is 1. The third-order valence-corrected chi connectivity index (χ3v) is 4.62. The molecular weight excluding hydrogens is 300 g/mol. The second kappa shape index (κ2) is 8.08. The second-order valence-corrected chi connectivity index (χ2v) is 6.58. The van der Waals surface area contributed by atoms with Crippen LogP contribution in [0.2, 0.25) is 0 Å². The SMILES string of the molecule is Cc1ccc(CCC(=O)NCCc2nnc3n2CCCCC3)cc1. The van der Waals surface area contributed by atoms with E-state index >= 15 is 0 Å². The molecular formula is C19H26N4O. The van der Waals surface area contributed by atoms with Gasteiger partial charge in [0, 0.05) is 32.4 Å². The summed E-state index contributed by atoms with van der Waals surface area (Å²) in [4.78, 5) is 12.0. The minimum Gasteiger partial charge on any atom is -0.356 e. The molecule has 128 valence electrons. The molecule has 2 aromatic rings. The zero-order chi connectivity index (χ0) is 16.8. The van der Waals surface area contributed by atoms with E-state index < -0.39 is 0 Å². The molecule has 0 radical (unpaired) electrons. The number of aryl methyl sites for hydroxylation is 3. The molecule has 24 heavy (non-hydrogen) atoms. The van der Waals surface area contributed by atoms with Gasteiger partial charge >= 0.3 is 0 Å². The summed E-state index contributed by atoms with van der Waals surface area (Å²) in [6.07, 6.45) is 6.75. The predicted octanol–water partition coefficient (Wildman–Crippen LogP) is 2.60. The highest BCUT2D eigenvalue weighted by molar-refractivity contribution is 5.76. The fraction of sp³-hybridized carbons (Fsp3) is 0.526. The number of rotatable bonds is 6. The molecule has 2 heterocycles. The Morgan fingerprint density at radius 1 is 1.12 bits per heavy atom. The van der Waals surface area contributed by atoms with Gasteiger partial charge in [0.2, 0.25) is 5.91 Å². The maximum absolute atomic E-state index is 12.0. The van der Waals surface area contributed by atoms with Crippen molar-refractivity contribution in [2.75, 3.05) is 6.54 Å². The Bertz CT molecular complexity index is 675. The molecule has 0 unspecified atom stereocenters. The second-order valence-electron chi connectivity index (χ2n) is 6.58. The molecule has 0 spiro atoms. The molecule has 3 rings (SSSR count). The Morgan fingerprint density at radius 3 is 2.79 bits per heavy atom. The molecule has 1 aromatic carbocycles. The smallest absolute Gasteiger partial charge is 0.220 e. The van der Waals surface area contributed by atoms with E-state index in [1.165, 1.54) is 30.4 Å². The van der Waals surface area contributed by atoms with Gasteiger partial charge in [-0.1, -0.05) is 36.2 Å². The summed E-state index contributed by atoms with van der Waals surface area (Å²) in [5.41, 5.74) is 2.45. The first kappa shape index (κ1) is 16.7. The molecule has 0 saturated carbocycles. The van der Waals surface area contributed by atoms with Gasteiger partial charge in [-0.2, -0.15) is 0 Å². The molecule has 0 atom stereocenters. The van der Waals surface area contributed by atoms with Gasteiger partial charge in [-0.3, -0.25) is 4.79 Å². The van der Waals surface area contributed by atoms with Crippen LogP contribution in [-0.2, 0) is 30.6 Å². The first-order chi connectivity index (χ1) is 11.7. The zero-order valence-electron chi connectivity index (χ0n) is 14.4. The lowest BCUT2D eigenvalue weighted by atomic mass is 10.1. The highest BCUT2D eigenvalue weighted by Gasteiger charge is 2.14. The van der Waals surface area contributed by atoms with Gasteiger partial charge in [-0.05, 0) is 31.7 Å². The molecule has 0 aliphatic carbocycles. The molecule has 1 aliphatic rings. The number of benzene rings is 1. The molecule has 5 heteroatoms. The summed E-state index contributed by atoms with van der Waals surface area (Å²) in [6, 6.07) is 8.36. The lowest BCUT2D eigenvalue weighted by Crippen LogP contribution is -2.26. The van der Waals surface area contributed by atoms with Crippen LogP contribution < -0.4 is 5.32 Å². The van der Waals surface area contributed by atoms with Crippen molar-refractivity contribution in [2.24, 2.45) is 0 Å². The fourth-order valence-electron chi connectivity index (χ4n) is 3.14. The average Bonchev–Trinajstić information content (AvgIpc) is 2.81. The number of aromatic nitrogens is 3. The standard InChI is InChI=1S/C19H26N4O/c1-15-6-8-16(9-7-15)10-11-19(24)20-13-12-18-22-21-17-5-3-2-4-14-23(17)18/h6-9H,2-5,10-14H2,1H3,(H,20,24). The number of carbonyl (C=O) groups is 1. The first-order valence-corrected chi connectivity index (χ1v) is 8.95. The van der Waals surface area contributed by atoms with Crippen LogP contribution in [-0.4, -0.2) is 27.2 Å². The van der Waals surface area contributed by atoms with Gasteiger partial charge in [-0.25, -0.2) is 0 Å². The van der Waals surface area contributed by atoms with E-state index in [4.69, 9.17) is 0 Å². The van der Waals surface area contributed by atoms with Crippen molar-refractivity contribution in [2.45, 2.75) is 58.4 Å². The Hall–Kier alpha value is -2.17. The van der Waals surface area contributed by atoms with Gasteiger partial charge < -0.3 is 9.88 Å². The fourth-order valence-corrected chi connectivity index (χ4v) is 3.14. The number of hydrogen-bond donors (Lipinski definition) is 1. The molecule has 5 nitrogen and oxygen atoms in total. The Balaban J connectivity index is 1.42. The molecule has 1 aliphatic heterocycles. The predicted molar refractivity (Wildman–Crippen MR) is 93.8 cm³/mol. The summed E-state index contributed by atoms with van der Waals surface area (Å²) >= 11 is 0. The van der Waals surface area contributed by atoms with Crippen LogP contribution in [0.1, 0.15) is 48.5 Å². The van der Waals surface area contributed by atoms with Crippen LogP contribution in [0.3, 0.4) is 0 Å². The lowest BCUT2D eigenvalue weighted by Gasteiger charge is -2.08. The van der Waals surface area contributed by atoms with E-state index in [1.54, 1.807) is 0 Å². The quantitative estimate of drug-likeness (QED) is 0.887.